The number of halogens is 1. The van der Waals surface area contributed by atoms with Crippen molar-refractivity contribution in [3.63, 3.8) is 0 Å². The zero-order valence-corrected chi connectivity index (χ0v) is 11.3. The Hall–Kier alpha value is -2.64. The summed E-state index contributed by atoms with van der Waals surface area (Å²) in [5, 5.41) is 8.71. The number of para-hydroxylation sites is 1. The Bertz CT molecular complexity index is 533. The average molecular weight is 298 g/mol. The summed E-state index contributed by atoms with van der Waals surface area (Å²) < 4.78 is 18.6. The normalized spacial score (nSPS) is 11.5. The van der Waals surface area contributed by atoms with E-state index in [1.165, 1.54) is 25.1 Å². The van der Waals surface area contributed by atoms with Crippen LogP contribution in [-0.2, 0) is 14.4 Å². The first-order chi connectivity index (χ1) is 9.81. The summed E-state index contributed by atoms with van der Waals surface area (Å²) >= 11 is 0. The summed E-state index contributed by atoms with van der Waals surface area (Å²) in [5.41, 5.74) is 4.96. The van der Waals surface area contributed by atoms with Gasteiger partial charge in [-0.15, -0.1) is 0 Å². The SMILES string of the molecule is CC(Oc1ccccc1F)C(=O)N(CC(N)=O)CC(=O)O. The van der Waals surface area contributed by atoms with E-state index in [1.54, 1.807) is 0 Å². The van der Waals surface area contributed by atoms with E-state index in [0.29, 0.717) is 0 Å². The highest BCUT2D eigenvalue weighted by molar-refractivity contribution is 5.89. The summed E-state index contributed by atoms with van der Waals surface area (Å²) in [6, 6.07) is 5.46. The lowest BCUT2D eigenvalue weighted by atomic mass is 10.3. The number of nitrogens with zero attached hydrogens (tertiary/aromatic N) is 1. The van der Waals surface area contributed by atoms with Gasteiger partial charge in [0.15, 0.2) is 17.7 Å². The number of ether oxygens (including phenoxy) is 1. The maximum atomic E-state index is 13.4. The summed E-state index contributed by atoms with van der Waals surface area (Å²) in [7, 11) is 0. The third-order valence-electron chi connectivity index (χ3n) is 2.47. The smallest absolute Gasteiger partial charge is 0.323 e. The van der Waals surface area contributed by atoms with Crippen LogP contribution in [0.5, 0.6) is 5.75 Å². The Labute approximate surface area is 120 Å². The van der Waals surface area contributed by atoms with Crippen molar-refractivity contribution in [1.29, 1.82) is 0 Å². The molecule has 0 aliphatic carbocycles. The molecule has 0 saturated carbocycles. The van der Waals surface area contributed by atoms with Crippen molar-refractivity contribution in [3.05, 3.63) is 30.1 Å². The first kappa shape index (κ1) is 16.4. The van der Waals surface area contributed by atoms with E-state index in [9.17, 15) is 18.8 Å². The molecule has 0 fully saturated rings. The third kappa shape index (κ3) is 5.09. The number of rotatable bonds is 7. The Kier molecular flexibility index (Phi) is 5.65. The van der Waals surface area contributed by atoms with Gasteiger partial charge in [-0.3, -0.25) is 14.4 Å². The zero-order valence-electron chi connectivity index (χ0n) is 11.3. The molecule has 0 saturated heterocycles. The minimum atomic E-state index is -1.30. The number of nitrogens with two attached hydrogens (primary N) is 1. The maximum Gasteiger partial charge on any atom is 0.323 e. The number of carbonyl (C=O) groups excluding carboxylic acids is 2. The number of hydrogen-bond acceptors (Lipinski definition) is 4. The number of primary amides is 1. The third-order valence-corrected chi connectivity index (χ3v) is 2.47. The van der Waals surface area contributed by atoms with Gasteiger partial charge in [-0.05, 0) is 19.1 Å². The molecule has 0 radical (unpaired) electrons. The second kappa shape index (κ2) is 7.22. The summed E-state index contributed by atoms with van der Waals surface area (Å²) in [6.45, 7) is 0.0630. The molecule has 1 atom stereocenters. The zero-order chi connectivity index (χ0) is 16.0. The lowest BCUT2D eigenvalue weighted by molar-refractivity contribution is -0.148. The van der Waals surface area contributed by atoms with Crippen LogP contribution in [0.1, 0.15) is 6.92 Å². The fraction of sp³-hybridized carbons (Fsp3) is 0.308. The van der Waals surface area contributed by atoms with E-state index in [-0.39, 0.29) is 5.75 Å². The molecule has 3 N–H and O–H groups in total. The minimum absolute atomic E-state index is 0.146. The Morgan fingerprint density at radius 2 is 1.95 bits per heavy atom. The number of hydrogen-bond donors (Lipinski definition) is 2. The first-order valence-corrected chi connectivity index (χ1v) is 6.01. The second-order valence-corrected chi connectivity index (χ2v) is 4.24. The molecule has 1 aromatic carbocycles. The van der Waals surface area contributed by atoms with Crippen LogP contribution in [0.2, 0.25) is 0 Å². The molecule has 0 spiro atoms. The topological polar surface area (TPSA) is 110 Å². The van der Waals surface area contributed by atoms with Crippen molar-refractivity contribution in [2.75, 3.05) is 13.1 Å². The van der Waals surface area contributed by atoms with Crippen molar-refractivity contribution >= 4 is 17.8 Å². The van der Waals surface area contributed by atoms with Crippen LogP contribution in [0.4, 0.5) is 4.39 Å². The standard InChI is InChI=1S/C13H15FN2O5/c1-8(21-10-5-3-2-4-9(10)14)13(20)16(6-11(15)17)7-12(18)19/h2-5,8H,6-7H2,1H3,(H2,15,17)(H,18,19). The molecule has 8 heteroatoms. The molecule has 0 bridgehead atoms. The molecule has 2 amide bonds. The van der Waals surface area contributed by atoms with Gasteiger partial charge in [0.25, 0.3) is 5.91 Å². The molecular formula is C13H15FN2O5. The van der Waals surface area contributed by atoms with Crippen molar-refractivity contribution < 1.29 is 28.6 Å². The van der Waals surface area contributed by atoms with Gasteiger partial charge in [-0.2, -0.15) is 0 Å². The number of carbonyl (C=O) groups is 3. The average Bonchev–Trinajstić information content (AvgIpc) is 2.38. The highest BCUT2D eigenvalue weighted by Crippen LogP contribution is 2.17. The molecule has 1 unspecified atom stereocenters. The molecule has 1 rings (SSSR count). The monoisotopic (exact) mass is 298 g/mol. The molecule has 0 heterocycles. The van der Waals surface area contributed by atoms with Crippen LogP contribution in [0.25, 0.3) is 0 Å². The Morgan fingerprint density at radius 3 is 2.48 bits per heavy atom. The molecule has 7 nitrogen and oxygen atoms in total. The highest BCUT2D eigenvalue weighted by Gasteiger charge is 2.25. The first-order valence-electron chi connectivity index (χ1n) is 6.01. The quantitative estimate of drug-likeness (QED) is 0.735. The molecule has 0 aliphatic heterocycles. The van der Waals surface area contributed by atoms with Crippen LogP contribution < -0.4 is 10.5 Å². The summed E-state index contributed by atoms with van der Waals surface area (Å²) in [6.07, 6.45) is -1.17. The molecular weight excluding hydrogens is 283 g/mol. The fourth-order valence-electron chi connectivity index (χ4n) is 1.60. The van der Waals surface area contributed by atoms with Crippen LogP contribution in [0.15, 0.2) is 24.3 Å². The van der Waals surface area contributed by atoms with E-state index in [2.05, 4.69) is 0 Å². The minimum Gasteiger partial charge on any atom is -0.480 e. The van der Waals surface area contributed by atoms with E-state index in [4.69, 9.17) is 15.6 Å². The van der Waals surface area contributed by atoms with E-state index in [0.717, 1.165) is 11.0 Å². The fourth-order valence-corrected chi connectivity index (χ4v) is 1.60. The van der Waals surface area contributed by atoms with Gasteiger partial charge in [0.2, 0.25) is 5.91 Å². The van der Waals surface area contributed by atoms with Crippen LogP contribution in [0, 0.1) is 5.82 Å². The highest BCUT2D eigenvalue weighted by atomic mass is 19.1. The van der Waals surface area contributed by atoms with Crippen molar-refractivity contribution in [3.8, 4) is 5.75 Å². The lowest BCUT2D eigenvalue weighted by Gasteiger charge is -2.23. The van der Waals surface area contributed by atoms with Gasteiger partial charge in [0.1, 0.15) is 13.1 Å². The maximum absolute atomic E-state index is 13.4. The Morgan fingerprint density at radius 1 is 1.33 bits per heavy atom. The van der Waals surface area contributed by atoms with E-state index < -0.39 is 42.8 Å². The number of amides is 2. The lowest BCUT2D eigenvalue weighted by Crippen LogP contribution is -2.46. The predicted octanol–water partition coefficient (Wildman–Crippen LogP) is -0.00850. The number of carboxylic acids is 1. The van der Waals surface area contributed by atoms with Crippen molar-refractivity contribution in [2.24, 2.45) is 5.73 Å². The summed E-state index contributed by atoms with van der Waals surface area (Å²) in [4.78, 5) is 34.3. The van der Waals surface area contributed by atoms with E-state index in [1.807, 2.05) is 0 Å². The molecule has 114 valence electrons. The van der Waals surface area contributed by atoms with Crippen molar-refractivity contribution in [2.45, 2.75) is 13.0 Å². The van der Waals surface area contributed by atoms with Crippen molar-refractivity contribution in [1.82, 2.24) is 4.90 Å². The molecule has 21 heavy (non-hydrogen) atoms. The summed E-state index contributed by atoms with van der Waals surface area (Å²) in [5.74, 6) is -3.74. The molecule has 1 aromatic rings. The van der Waals surface area contributed by atoms with Gasteiger partial charge in [0.05, 0.1) is 0 Å². The van der Waals surface area contributed by atoms with Crippen LogP contribution >= 0.6 is 0 Å². The number of aliphatic carboxylic acids is 1. The molecule has 0 aliphatic rings. The predicted molar refractivity (Wildman–Crippen MR) is 69.9 cm³/mol. The molecule has 0 aromatic heterocycles. The Balaban J connectivity index is 2.80. The number of carboxylic acid groups (broad SMARTS) is 1. The second-order valence-electron chi connectivity index (χ2n) is 4.24. The van der Waals surface area contributed by atoms with Gasteiger partial charge in [0, 0.05) is 0 Å². The van der Waals surface area contributed by atoms with Gasteiger partial charge >= 0.3 is 5.97 Å². The van der Waals surface area contributed by atoms with Crippen LogP contribution in [-0.4, -0.2) is 47.0 Å². The van der Waals surface area contributed by atoms with Crippen LogP contribution in [0.3, 0.4) is 0 Å². The van der Waals surface area contributed by atoms with E-state index >= 15 is 0 Å². The van der Waals surface area contributed by atoms with Gasteiger partial charge < -0.3 is 20.5 Å². The van der Waals surface area contributed by atoms with Gasteiger partial charge in [-0.25, -0.2) is 4.39 Å². The van der Waals surface area contributed by atoms with Gasteiger partial charge in [-0.1, -0.05) is 12.1 Å². The number of benzene rings is 1. The largest absolute Gasteiger partial charge is 0.480 e.